The van der Waals surface area contributed by atoms with Gasteiger partial charge in [0.2, 0.25) is 0 Å². The maximum atomic E-state index is 7.13. The Bertz CT molecular complexity index is 2010. The minimum atomic E-state index is -1.98. The minimum absolute atomic E-state index is 0.272. The molecule has 1 aromatic heterocycles. The fourth-order valence-corrected chi connectivity index (χ4v) is 7.81. The van der Waals surface area contributed by atoms with Crippen LogP contribution in [0.4, 0.5) is 0 Å². The largest absolute Gasteiger partial charge is 0.497 e. The molecule has 2 atom stereocenters. The third kappa shape index (κ3) is 8.27. The van der Waals surface area contributed by atoms with E-state index in [1.807, 2.05) is 6.07 Å². The normalized spacial score (nSPS) is 18.2. The van der Waals surface area contributed by atoms with E-state index < -0.39 is 13.8 Å². The number of rotatable bonds is 8. The van der Waals surface area contributed by atoms with Crippen LogP contribution in [0.2, 0.25) is 0 Å². The van der Waals surface area contributed by atoms with E-state index in [2.05, 4.69) is 146 Å². The van der Waals surface area contributed by atoms with Crippen LogP contribution in [0.25, 0.3) is 21.9 Å². The topological polar surface area (TPSA) is 54.0 Å². The van der Waals surface area contributed by atoms with Gasteiger partial charge in [0.15, 0.2) is 0 Å². The van der Waals surface area contributed by atoms with E-state index in [-0.39, 0.29) is 10.8 Å². The number of benzene rings is 2. The zero-order chi connectivity index (χ0) is 37.5. The van der Waals surface area contributed by atoms with Crippen LogP contribution in [0.3, 0.4) is 0 Å². The van der Waals surface area contributed by atoms with Crippen molar-refractivity contribution in [1.82, 2.24) is 0 Å². The molecule has 4 rings (SSSR count). The number of hydrogen-bond donors (Lipinski definition) is 0. The van der Waals surface area contributed by atoms with Gasteiger partial charge >= 0.3 is 8.24 Å². The Morgan fingerprint density at radius 3 is 2.04 bits per heavy atom. The van der Waals surface area contributed by atoms with Crippen molar-refractivity contribution in [2.45, 2.75) is 113 Å². The zero-order valence-electron chi connectivity index (χ0n) is 33.4. The second kappa shape index (κ2) is 14.5. The third-order valence-corrected chi connectivity index (χ3v) is 10.8. The second-order valence-electron chi connectivity index (χ2n) is 16.4. The average molecular weight is 699 g/mol. The van der Waals surface area contributed by atoms with Gasteiger partial charge in [-0.2, -0.15) is 0 Å². The van der Waals surface area contributed by atoms with E-state index in [0.29, 0.717) is 5.92 Å². The Kier molecular flexibility index (Phi) is 11.4. The summed E-state index contributed by atoms with van der Waals surface area (Å²) in [5.74, 6) is 2.02. The number of allylic oxidation sites excluding steroid dienone is 9. The van der Waals surface area contributed by atoms with Gasteiger partial charge in [-0.05, 0) is 105 Å². The van der Waals surface area contributed by atoms with Gasteiger partial charge in [0, 0.05) is 21.9 Å². The molecule has 0 spiro atoms. The fraction of sp³-hybridized carbons (Fsp3) is 0.455. The van der Waals surface area contributed by atoms with Gasteiger partial charge < -0.3 is 17.9 Å². The maximum absolute atomic E-state index is 7.13. The van der Waals surface area contributed by atoms with Crippen molar-refractivity contribution in [3.8, 4) is 11.5 Å². The molecule has 5 nitrogen and oxygen atoms in total. The lowest BCUT2D eigenvalue weighted by Gasteiger charge is -2.26. The molecule has 6 heteroatoms. The number of methoxy groups -OCH3 is 2. The average Bonchev–Trinajstić information content (AvgIpc) is 3.20. The quantitative estimate of drug-likeness (QED) is 0.219. The number of ether oxygens (including phenoxy) is 2. The van der Waals surface area contributed by atoms with Crippen molar-refractivity contribution in [2.75, 3.05) is 14.2 Å². The lowest BCUT2D eigenvalue weighted by atomic mass is 9.81. The van der Waals surface area contributed by atoms with Gasteiger partial charge in [-0.3, -0.25) is 4.52 Å². The molecule has 0 amide bonds. The van der Waals surface area contributed by atoms with E-state index in [1.165, 1.54) is 5.57 Å². The van der Waals surface area contributed by atoms with Gasteiger partial charge in [0.25, 0.3) is 0 Å². The first-order chi connectivity index (χ1) is 23.1. The molecule has 270 valence electrons. The molecule has 0 radical (unpaired) electrons. The smallest absolute Gasteiger partial charge is 0.388 e. The summed E-state index contributed by atoms with van der Waals surface area (Å²) in [6, 6.07) is 6.15. The summed E-state index contributed by atoms with van der Waals surface area (Å²) in [7, 11) is 1.43. The van der Waals surface area contributed by atoms with Crippen LogP contribution in [-0.4, -0.2) is 19.8 Å². The van der Waals surface area contributed by atoms with E-state index in [1.54, 1.807) is 14.2 Å². The lowest BCUT2D eigenvalue weighted by molar-refractivity contribution is 0.234. The summed E-state index contributed by atoms with van der Waals surface area (Å²) in [6.45, 7) is 34.7. The van der Waals surface area contributed by atoms with Crippen LogP contribution < -0.4 is 14.0 Å². The Balaban J connectivity index is 2.10. The fourth-order valence-electron chi connectivity index (χ4n) is 6.51. The van der Waals surface area contributed by atoms with Crippen molar-refractivity contribution in [2.24, 2.45) is 5.92 Å². The van der Waals surface area contributed by atoms with Crippen molar-refractivity contribution >= 4 is 30.2 Å². The van der Waals surface area contributed by atoms with Gasteiger partial charge in [0.1, 0.15) is 28.3 Å². The van der Waals surface area contributed by atoms with Crippen LogP contribution in [-0.2, 0) is 10.8 Å². The Labute approximate surface area is 302 Å². The maximum Gasteiger partial charge on any atom is 0.388 e. The summed E-state index contributed by atoms with van der Waals surface area (Å²) < 4.78 is 33.0. The minimum Gasteiger partial charge on any atom is -0.497 e. The van der Waals surface area contributed by atoms with Crippen molar-refractivity contribution in [3.05, 3.63) is 105 Å². The highest BCUT2D eigenvalue weighted by atomic mass is 31.1. The SMILES string of the molecule is C=C(/C=C(C)\C=C(/C)C(C)C)C1=CC(C)(Op2oc3c(C(C)(C)C)cc(OC)cc3c3cc(OC)c(C)c(C(C)(C)C)c3o2)C(C)=CC(C)=C1. The first-order valence-electron chi connectivity index (χ1n) is 17.6. The van der Waals surface area contributed by atoms with E-state index in [9.17, 15) is 0 Å². The summed E-state index contributed by atoms with van der Waals surface area (Å²) in [5.41, 5.74) is 9.67. The lowest BCUT2D eigenvalue weighted by Crippen LogP contribution is -2.30. The van der Waals surface area contributed by atoms with Gasteiger partial charge in [-0.1, -0.05) is 103 Å². The molecule has 0 N–H and O–H groups in total. The van der Waals surface area contributed by atoms with E-state index in [0.717, 1.165) is 78.0 Å². The molecule has 1 aliphatic carbocycles. The molecule has 0 saturated carbocycles. The van der Waals surface area contributed by atoms with Crippen LogP contribution in [0, 0.1) is 12.8 Å². The highest BCUT2D eigenvalue weighted by molar-refractivity contribution is 7.32. The molecule has 2 unspecified atom stereocenters. The molecular formula is C44H59O5P. The Morgan fingerprint density at radius 2 is 1.48 bits per heavy atom. The molecule has 0 bridgehead atoms. The number of fused-ring (bicyclic) bond motifs is 3. The molecule has 1 aliphatic rings. The van der Waals surface area contributed by atoms with Crippen LogP contribution in [0.5, 0.6) is 11.5 Å². The van der Waals surface area contributed by atoms with Gasteiger partial charge in [0.05, 0.1) is 14.2 Å². The van der Waals surface area contributed by atoms with Crippen molar-refractivity contribution in [3.63, 3.8) is 0 Å². The zero-order valence-corrected chi connectivity index (χ0v) is 34.3. The summed E-state index contributed by atoms with van der Waals surface area (Å²) in [6.07, 6.45) is 10.9. The van der Waals surface area contributed by atoms with Crippen LogP contribution >= 0.6 is 8.24 Å². The van der Waals surface area contributed by atoms with Crippen LogP contribution in [0.1, 0.15) is 107 Å². The molecule has 0 aliphatic heterocycles. The molecule has 0 fully saturated rings. The van der Waals surface area contributed by atoms with Crippen LogP contribution in [0.15, 0.2) is 97.0 Å². The van der Waals surface area contributed by atoms with Gasteiger partial charge in [-0.25, -0.2) is 0 Å². The highest BCUT2D eigenvalue weighted by Crippen LogP contribution is 2.47. The predicted octanol–water partition coefficient (Wildman–Crippen LogP) is 13.3. The molecular weight excluding hydrogens is 639 g/mol. The first kappa shape index (κ1) is 39.1. The predicted molar refractivity (Wildman–Crippen MR) is 214 cm³/mol. The van der Waals surface area contributed by atoms with E-state index >= 15 is 0 Å². The first-order valence-corrected chi connectivity index (χ1v) is 18.6. The molecule has 50 heavy (non-hydrogen) atoms. The molecule has 1 heterocycles. The summed E-state index contributed by atoms with van der Waals surface area (Å²) >= 11 is 0. The standard InChI is InChI=1S/C44H59O5P/c1-26(2)29(5)18-27(3)19-30(6)33-21-28(4)20-31(7)44(15,25-33)49-50-47-40-35(22-34(45-16)23-37(40)42(9,10)11)36-24-38(46-17)32(8)39(41(36)48-50)43(12,13)14/h18-26H,6H2,1-5,7-17H3/b27-19-,29-18+. The second-order valence-corrected chi connectivity index (χ2v) is 17.4. The molecule has 0 saturated heterocycles. The molecule has 3 aromatic rings. The Hall–Kier alpha value is -3.66. The van der Waals surface area contributed by atoms with Gasteiger partial charge in [-0.15, -0.1) is 0 Å². The summed E-state index contributed by atoms with van der Waals surface area (Å²) in [5, 5.41) is 1.77. The molecule has 2 aromatic carbocycles. The van der Waals surface area contributed by atoms with Crippen molar-refractivity contribution in [1.29, 1.82) is 0 Å². The summed E-state index contributed by atoms with van der Waals surface area (Å²) in [4.78, 5) is 0. The Morgan fingerprint density at radius 1 is 0.860 bits per heavy atom. The third-order valence-electron chi connectivity index (χ3n) is 9.63. The number of hydrogen-bond acceptors (Lipinski definition) is 5. The highest BCUT2D eigenvalue weighted by Gasteiger charge is 2.33. The van der Waals surface area contributed by atoms with Crippen molar-refractivity contribution < 1.29 is 22.4 Å². The van der Waals surface area contributed by atoms with E-state index in [4.69, 9.17) is 22.4 Å². The monoisotopic (exact) mass is 698 g/mol.